The van der Waals surface area contributed by atoms with Gasteiger partial charge < -0.3 is 20.6 Å². The van der Waals surface area contributed by atoms with E-state index < -0.39 is 6.23 Å². The van der Waals surface area contributed by atoms with E-state index in [-0.39, 0.29) is 0 Å². The van der Waals surface area contributed by atoms with Crippen LogP contribution in [0.1, 0.15) is 12.0 Å². The second kappa shape index (κ2) is 5.47. The molecule has 0 amide bonds. The van der Waals surface area contributed by atoms with Gasteiger partial charge in [0.05, 0.1) is 17.0 Å². The highest BCUT2D eigenvalue weighted by Gasteiger charge is 2.27. The molecule has 0 fully saturated rings. The summed E-state index contributed by atoms with van der Waals surface area (Å²) in [7, 11) is 0. The Labute approximate surface area is 148 Å². The number of para-hydroxylation sites is 1. The largest absolute Gasteiger partial charge is 0.455 e. The zero-order chi connectivity index (χ0) is 17.7. The summed E-state index contributed by atoms with van der Waals surface area (Å²) < 4.78 is 7.34. The second-order valence-corrected chi connectivity index (χ2v) is 6.04. The van der Waals surface area contributed by atoms with E-state index in [0.717, 1.165) is 11.0 Å². The van der Waals surface area contributed by atoms with E-state index in [2.05, 4.69) is 15.4 Å². The lowest BCUT2D eigenvalue weighted by atomic mass is 10.1. The van der Waals surface area contributed by atoms with Gasteiger partial charge in [0.2, 0.25) is 0 Å². The molecule has 1 atom stereocenters. The number of benzene rings is 1. The predicted octanol–water partition coefficient (Wildman–Crippen LogP) is 3.23. The number of rotatable bonds is 2. The number of nitrogens with zero attached hydrogens (tertiary/aromatic N) is 3. The van der Waals surface area contributed by atoms with Crippen LogP contribution in [-0.2, 0) is 0 Å². The molecule has 5 rings (SSSR count). The Kier molecular flexibility index (Phi) is 3.10. The van der Waals surface area contributed by atoms with Gasteiger partial charge in [-0.1, -0.05) is 24.3 Å². The van der Waals surface area contributed by atoms with Crippen LogP contribution in [-0.4, -0.2) is 19.9 Å². The van der Waals surface area contributed by atoms with Crippen LogP contribution in [0, 0.1) is 0 Å². The third-order valence-corrected chi connectivity index (χ3v) is 4.37. The second-order valence-electron chi connectivity index (χ2n) is 6.04. The van der Waals surface area contributed by atoms with E-state index >= 15 is 0 Å². The van der Waals surface area contributed by atoms with Gasteiger partial charge in [0.25, 0.3) is 0 Å². The highest BCUT2D eigenvalue weighted by atomic mass is 16.3. The number of furan rings is 1. The predicted molar refractivity (Wildman–Crippen MR) is 98.9 cm³/mol. The SMILES string of the molecule is Nc1nn2c(c1-c1ccccn1)NC(c1cc3ccccc3o1)=CC2O. The molecule has 4 heterocycles. The summed E-state index contributed by atoms with van der Waals surface area (Å²) in [5, 5.41) is 19.0. The minimum Gasteiger partial charge on any atom is -0.455 e. The molecule has 1 aliphatic rings. The van der Waals surface area contributed by atoms with Gasteiger partial charge in [-0.25, -0.2) is 4.68 Å². The van der Waals surface area contributed by atoms with Gasteiger partial charge in [-0.2, -0.15) is 5.10 Å². The van der Waals surface area contributed by atoms with Crippen molar-refractivity contribution in [1.29, 1.82) is 0 Å². The van der Waals surface area contributed by atoms with Crippen molar-refractivity contribution in [3.63, 3.8) is 0 Å². The Morgan fingerprint density at radius 1 is 1.15 bits per heavy atom. The Morgan fingerprint density at radius 2 is 2.00 bits per heavy atom. The van der Waals surface area contributed by atoms with Crippen molar-refractivity contribution in [1.82, 2.24) is 14.8 Å². The molecule has 7 heteroatoms. The van der Waals surface area contributed by atoms with Crippen molar-refractivity contribution < 1.29 is 9.52 Å². The fourth-order valence-corrected chi connectivity index (χ4v) is 3.17. The van der Waals surface area contributed by atoms with Crippen molar-refractivity contribution in [2.45, 2.75) is 6.23 Å². The molecule has 4 aromatic rings. The summed E-state index contributed by atoms with van der Waals surface area (Å²) >= 11 is 0. The molecule has 0 spiro atoms. The molecule has 4 N–H and O–H groups in total. The summed E-state index contributed by atoms with van der Waals surface area (Å²) in [6.07, 6.45) is 2.36. The molecule has 0 radical (unpaired) electrons. The molecule has 1 unspecified atom stereocenters. The summed E-state index contributed by atoms with van der Waals surface area (Å²) in [5.41, 5.74) is 8.85. The molecule has 0 aliphatic carbocycles. The third kappa shape index (κ3) is 2.18. The van der Waals surface area contributed by atoms with E-state index in [4.69, 9.17) is 10.2 Å². The maximum Gasteiger partial charge on any atom is 0.170 e. The van der Waals surface area contributed by atoms with E-state index in [1.165, 1.54) is 4.68 Å². The monoisotopic (exact) mass is 345 g/mol. The lowest BCUT2D eigenvalue weighted by Gasteiger charge is -2.21. The van der Waals surface area contributed by atoms with Gasteiger partial charge in [0.15, 0.2) is 17.8 Å². The number of anilines is 2. The molecular weight excluding hydrogens is 330 g/mol. The average Bonchev–Trinajstić information content (AvgIpc) is 3.23. The van der Waals surface area contributed by atoms with Crippen LogP contribution in [0.2, 0.25) is 0 Å². The number of aliphatic hydroxyl groups excluding tert-OH is 1. The van der Waals surface area contributed by atoms with Crippen LogP contribution >= 0.6 is 0 Å². The molecule has 0 bridgehead atoms. The molecule has 128 valence electrons. The Bertz CT molecular complexity index is 1110. The maximum atomic E-state index is 10.5. The first-order valence-electron chi connectivity index (χ1n) is 8.16. The van der Waals surface area contributed by atoms with Crippen molar-refractivity contribution in [3.8, 4) is 11.3 Å². The number of nitrogens with one attached hydrogen (secondary N) is 1. The number of aliphatic hydroxyl groups is 1. The molecule has 1 aliphatic heterocycles. The quantitative estimate of drug-likeness (QED) is 0.515. The Balaban J connectivity index is 1.62. The van der Waals surface area contributed by atoms with E-state index in [1.54, 1.807) is 12.3 Å². The molecule has 7 nitrogen and oxygen atoms in total. The lowest BCUT2D eigenvalue weighted by molar-refractivity contribution is 0.141. The minimum atomic E-state index is -0.964. The van der Waals surface area contributed by atoms with Gasteiger partial charge in [-0.3, -0.25) is 4.98 Å². The number of hydrogen-bond acceptors (Lipinski definition) is 6. The first kappa shape index (κ1) is 14.7. The third-order valence-electron chi connectivity index (χ3n) is 4.37. The van der Waals surface area contributed by atoms with E-state index in [9.17, 15) is 5.11 Å². The van der Waals surface area contributed by atoms with Gasteiger partial charge >= 0.3 is 0 Å². The normalized spacial score (nSPS) is 16.2. The fourth-order valence-electron chi connectivity index (χ4n) is 3.17. The number of nitrogens with two attached hydrogens (primary N) is 1. The van der Waals surface area contributed by atoms with Crippen LogP contribution in [0.5, 0.6) is 0 Å². The molecule has 1 aromatic carbocycles. The van der Waals surface area contributed by atoms with Crippen LogP contribution in [0.3, 0.4) is 0 Å². The summed E-state index contributed by atoms with van der Waals surface area (Å²) in [4.78, 5) is 4.35. The molecule has 0 saturated carbocycles. The molecule has 0 saturated heterocycles. The lowest BCUT2D eigenvalue weighted by Crippen LogP contribution is -2.18. The van der Waals surface area contributed by atoms with Gasteiger partial charge in [-0.15, -0.1) is 0 Å². The Morgan fingerprint density at radius 3 is 2.81 bits per heavy atom. The summed E-state index contributed by atoms with van der Waals surface area (Å²) in [6.45, 7) is 0. The summed E-state index contributed by atoms with van der Waals surface area (Å²) in [6, 6.07) is 15.2. The van der Waals surface area contributed by atoms with E-state index in [1.807, 2.05) is 48.5 Å². The van der Waals surface area contributed by atoms with Crippen molar-refractivity contribution in [3.05, 3.63) is 66.6 Å². The van der Waals surface area contributed by atoms with Crippen LogP contribution in [0.25, 0.3) is 27.9 Å². The zero-order valence-electron chi connectivity index (χ0n) is 13.6. The zero-order valence-corrected chi connectivity index (χ0v) is 13.6. The smallest absolute Gasteiger partial charge is 0.170 e. The number of hydrogen-bond donors (Lipinski definition) is 3. The van der Waals surface area contributed by atoms with Crippen LogP contribution in [0.15, 0.2) is 65.2 Å². The van der Waals surface area contributed by atoms with Gasteiger partial charge in [0.1, 0.15) is 11.4 Å². The number of aromatic nitrogens is 3. The number of fused-ring (bicyclic) bond motifs is 2. The van der Waals surface area contributed by atoms with E-state index in [0.29, 0.717) is 34.4 Å². The highest BCUT2D eigenvalue weighted by Crippen LogP contribution is 2.39. The van der Waals surface area contributed by atoms with Gasteiger partial charge in [-0.05, 0) is 30.3 Å². The highest BCUT2D eigenvalue weighted by molar-refractivity contribution is 5.91. The summed E-state index contributed by atoms with van der Waals surface area (Å²) in [5.74, 6) is 1.50. The molecular formula is C19H15N5O2. The first-order valence-corrected chi connectivity index (χ1v) is 8.16. The topological polar surface area (TPSA) is 102 Å². The minimum absolute atomic E-state index is 0.296. The van der Waals surface area contributed by atoms with Crippen molar-refractivity contribution >= 4 is 28.3 Å². The average molecular weight is 345 g/mol. The molecule has 3 aromatic heterocycles. The van der Waals surface area contributed by atoms with Crippen molar-refractivity contribution in [2.75, 3.05) is 11.1 Å². The Hall–Kier alpha value is -3.58. The maximum absolute atomic E-state index is 10.5. The van der Waals surface area contributed by atoms with Crippen LogP contribution in [0.4, 0.5) is 11.6 Å². The first-order chi connectivity index (χ1) is 12.7. The number of pyridine rings is 1. The van der Waals surface area contributed by atoms with Gasteiger partial charge in [0, 0.05) is 11.6 Å². The van der Waals surface area contributed by atoms with Crippen LogP contribution < -0.4 is 11.1 Å². The van der Waals surface area contributed by atoms with Crippen molar-refractivity contribution in [2.24, 2.45) is 0 Å². The number of nitrogen functional groups attached to an aromatic ring is 1. The molecule has 26 heavy (non-hydrogen) atoms. The fraction of sp³-hybridized carbons (Fsp3) is 0.0526. The standard InChI is InChI=1S/C19H15N5O2/c20-18-17(12-6-3-4-8-21-12)19-22-13(10-16(25)24(19)23-18)15-9-11-5-1-2-7-14(11)26-15/h1-10,16,22,25H,(H2,20,23).